The molecule has 1 atom stereocenters. The minimum atomic E-state index is -0.696. The molecule has 2 aliphatic rings. The third-order valence-corrected chi connectivity index (χ3v) is 5.59. The number of nitrogens with zero attached hydrogens (tertiary/aromatic N) is 2. The van der Waals surface area contributed by atoms with Gasteiger partial charge in [0.25, 0.3) is 5.91 Å². The maximum Gasteiger partial charge on any atom is 0.253 e. The number of amides is 2. The second-order valence-electron chi connectivity index (χ2n) is 7.37. The second-order valence-corrected chi connectivity index (χ2v) is 7.37. The van der Waals surface area contributed by atoms with Crippen molar-refractivity contribution in [3.8, 4) is 5.75 Å². The third-order valence-electron chi connectivity index (χ3n) is 5.59. The second kappa shape index (κ2) is 6.30. The van der Waals surface area contributed by atoms with Crippen LogP contribution in [0.3, 0.4) is 0 Å². The van der Waals surface area contributed by atoms with Crippen LogP contribution in [0.4, 0.5) is 11.4 Å². The Morgan fingerprint density at radius 2 is 2.04 bits per heavy atom. The zero-order chi connectivity index (χ0) is 19.2. The van der Waals surface area contributed by atoms with Crippen LogP contribution < -0.4 is 15.0 Å². The number of ether oxygens (including phenoxy) is 1. The van der Waals surface area contributed by atoms with Crippen LogP contribution in [-0.2, 0) is 10.2 Å². The first-order valence-corrected chi connectivity index (χ1v) is 9.01. The third kappa shape index (κ3) is 2.72. The van der Waals surface area contributed by atoms with Crippen molar-refractivity contribution in [3.05, 3.63) is 53.6 Å². The molecule has 1 N–H and O–H groups in total. The van der Waals surface area contributed by atoms with Crippen LogP contribution in [0.25, 0.3) is 0 Å². The van der Waals surface area contributed by atoms with Crippen molar-refractivity contribution >= 4 is 23.2 Å². The molecule has 27 heavy (non-hydrogen) atoms. The van der Waals surface area contributed by atoms with Gasteiger partial charge in [0.1, 0.15) is 5.75 Å². The number of fused-ring (bicyclic) bond motifs is 2. The number of anilines is 2. The molecule has 2 amide bonds. The Bertz CT molecular complexity index is 925. The molecule has 0 saturated carbocycles. The van der Waals surface area contributed by atoms with Crippen LogP contribution >= 0.6 is 0 Å². The number of methoxy groups -OCH3 is 1. The molecule has 2 heterocycles. The lowest BCUT2D eigenvalue weighted by molar-refractivity contribution is -0.120. The lowest BCUT2D eigenvalue weighted by atomic mass is 9.81. The van der Waals surface area contributed by atoms with E-state index in [-0.39, 0.29) is 11.8 Å². The van der Waals surface area contributed by atoms with Gasteiger partial charge in [-0.05, 0) is 48.4 Å². The maximum atomic E-state index is 13.1. The maximum absolute atomic E-state index is 13.1. The monoisotopic (exact) mass is 365 g/mol. The fraction of sp³-hybridized carbons (Fsp3) is 0.333. The molecule has 6 heteroatoms. The van der Waals surface area contributed by atoms with Gasteiger partial charge in [0.2, 0.25) is 5.91 Å². The van der Waals surface area contributed by atoms with Crippen molar-refractivity contribution in [2.24, 2.45) is 0 Å². The molecule has 2 aromatic rings. The van der Waals surface area contributed by atoms with Gasteiger partial charge in [-0.25, -0.2) is 0 Å². The quantitative estimate of drug-likeness (QED) is 0.908. The van der Waals surface area contributed by atoms with Crippen molar-refractivity contribution in [1.82, 2.24) is 4.90 Å². The molecule has 1 spiro atoms. The number of hydrogen-bond donors (Lipinski definition) is 1. The summed E-state index contributed by atoms with van der Waals surface area (Å²) in [6, 6.07) is 13.2. The van der Waals surface area contributed by atoms with Crippen LogP contribution in [0.2, 0.25) is 0 Å². The fourth-order valence-electron chi connectivity index (χ4n) is 4.01. The predicted octanol–water partition coefficient (Wildman–Crippen LogP) is 2.50. The number of benzene rings is 2. The van der Waals surface area contributed by atoms with E-state index in [0.29, 0.717) is 30.8 Å². The zero-order valence-corrected chi connectivity index (χ0v) is 15.8. The van der Waals surface area contributed by atoms with Crippen LogP contribution in [0.1, 0.15) is 22.3 Å². The summed E-state index contributed by atoms with van der Waals surface area (Å²) in [4.78, 5) is 29.6. The number of carbonyl (C=O) groups excluding carboxylic acids is 2. The van der Waals surface area contributed by atoms with E-state index in [1.807, 2.05) is 61.5 Å². The van der Waals surface area contributed by atoms with E-state index in [1.54, 1.807) is 12.0 Å². The Kier molecular flexibility index (Phi) is 4.06. The summed E-state index contributed by atoms with van der Waals surface area (Å²) < 4.78 is 5.33. The minimum absolute atomic E-state index is 0.0388. The Morgan fingerprint density at radius 1 is 1.22 bits per heavy atom. The number of likely N-dealkylation sites (tertiary alicyclic amines) is 1. The van der Waals surface area contributed by atoms with E-state index < -0.39 is 5.41 Å². The lowest BCUT2D eigenvalue weighted by Crippen LogP contribution is -2.39. The first-order chi connectivity index (χ1) is 12.9. The SMILES string of the molecule is COc1ccc2c(c1)[C@]1(CCN(C(=O)c3cccc(N(C)C)c3)C1)C(=O)N2. The molecule has 2 aromatic carbocycles. The molecule has 1 fully saturated rings. The molecule has 0 aliphatic carbocycles. The molecule has 140 valence electrons. The normalized spacial score (nSPS) is 20.6. The molecule has 2 aliphatic heterocycles. The topological polar surface area (TPSA) is 61.9 Å². The average Bonchev–Trinajstić information content (AvgIpc) is 3.24. The minimum Gasteiger partial charge on any atom is -0.497 e. The van der Waals surface area contributed by atoms with Crippen molar-refractivity contribution in [3.63, 3.8) is 0 Å². The van der Waals surface area contributed by atoms with Crippen LogP contribution in [-0.4, -0.2) is 51.0 Å². The molecule has 0 radical (unpaired) electrons. The van der Waals surface area contributed by atoms with Crippen LogP contribution in [0.5, 0.6) is 5.75 Å². The van der Waals surface area contributed by atoms with E-state index in [0.717, 1.165) is 16.9 Å². The first kappa shape index (κ1) is 17.4. The van der Waals surface area contributed by atoms with Gasteiger partial charge >= 0.3 is 0 Å². The molecule has 0 bridgehead atoms. The predicted molar refractivity (Wildman–Crippen MR) is 105 cm³/mol. The van der Waals surface area contributed by atoms with Gasteiger partial charge < -0.3 is 19.9 Å². The van der Waals surface area contributed by atoms with Gasteiger partial charge in [-0.15, -0.1) is 0 Å². The highest BCUT2D eigenvalue weighted by molar-refractivity contribution is 6.07. The van der Waals surface area contributed by atoms with Gasteiger partial charge in [-0.1, -0.05) is 6.07 Å². The summed E-state index contributed by atoms with van der Waals surface area (Å²) in [6.45, 7) is 0.930. The molecule has 0 unspecified atom stereocenters. The number of carbonyl (C=O) groups is 2. The fourth-order valence-corrected chi connectivity index (χ4v) is 4.01. The molecule has 6 nitrogen and oxygen atoms in total. The van der Waals surface area contributed by atoms with Crippen LogP contribution in [0.15, 0.2) is 42.5 Å². The summed E-state index contributed by atoms with van der Waals surface area (Å²) in [6.07, 6.45) is 0.609. The van der Waals surface area contributed by atoms with Gasteiger partial charge in [-0.3, -0.25) is 9.59 Å². The van der Waals surface area contributed by atoms with Gasteiger partial charge in [0.05, 0.1) is 12.5 Å². The van der Waals surface area contributed by atoms with Gasteiger partial charge in [0, 0.05) is 44.1 Å². The highest BCUT2D eigenvalue weighted by atomic mass is 16.5. The number of nitrogens with one attached hydrogen (secondary N) is 1. The highest BCUT2D eigenvalue weighted by Crippen LogP contribution is 2.45. The summed E-state index contributed by atoms with van der Waals surface area (Å²) in [5.41, 5.74) is 2.65. The molecular weight excluding hydrogens is 342 g/mol. The van der Waals surface area contributed by atoms with E-state index >= 15 is 0 Å². The van der Waals surface area contributed by atoms with Gasteiger partial charge in [0.15, 0.2) is 0 Å². The standard InChI is InChI=1S/C21H23N3O3/c1-23(2)15-6-4-5-14(11-15)19(25)24-10-9-21(13-24)17-12-16(27-3)7-8-18(17)22-20(21)26/h4-8,11-12H,9-10,13H2,1-3H3,(H,22,26)/t21-/m1/s1. The van der Waals surface area contributed by atoms with Crippen molar-refractivity contribution in [2.75, 3.05) is 44.5 Å². The molecule has 1 saturated heterocycles. The Morgan fingerprint density at radius 3 is 2.78 bits per heavy atom. The summed E-state index contributed by atoms with van der Waals surface area (Å²) >= 11 is 0. The Balaban J connectivity index is 1.63. The number of hydrogen-bond acceptors (Lipinski definition) is 4. The molecule has 0 aromatic heterocycles. The summed E-state index contributed by atoms with van der Waals surface area (Å²) in [5.74, 6) is 0.635. The summed E-state index contributed by atoms with van der Waals surface area (Å²) in [7, 11) is 5.50. The molecular formula is C21H23N3O3. The van der Waals surface area contributed by atoms with E-state index in [4.69, 9.17) is 4.74 Å². The smallest absolute Gasteiger partial charge is 0.253 e. The van der Waals surface area contributed by atoms with E-state index in [1.165, 1.54) is 0 Å². The number of rotatable bonds is 3. The highest BCUT2D eigenvalue weighted by Gasteiger charge is 2.52. The molecule has 4 rings (SSSR count). The summed E-state index contributed by atoms with van der Waals surface area (Å²) in [5, 5.41) is 2.97. The van der Waals surface area contributed by atoms with Gasteiger partial charge in [-0.2, -0.15) is 0 Å². The first-order valence-electron chi connectivity index (χ1n) is 9.01. The Labute approximate surface area is 158 Å². The van der Waals surface area contributed by atoms with Crippen molar-refractivity contribution in [1.29, 1.82) is 0 Å². The van der Waals surface area contributed by atoms with Crippen molar-refractivity contribution in [2.45, 2.75) is 11.8 Å². The zero-order valence-electron chi connectivity index (χ0n) is 15.8. The van der Waals surface area contributed by atoms with Crippen molar-refractivity contribution < 1.29 is 14.3 Å². The Hall–Kier alpha value is -3.02. The van der Waals surface area contributed by atoms with Crippen LogP contribution in [0, 0.1) is 0 Å². The van der Waals surface area contributed by atoms with E-state index in [9.17, 15) is 9.59 Å². The lowest BCUT2D eigenvalue weighted by Gasteiger charge is -2.23. The average molecular weight is 365 g/mol. The van der Waals surface area contributed by atoms with E-state index in [2.05, 4.69) is 5.32 Å². The largest absolute Gasteiger partial charge is 0.497 e.